The Kier molecular flexibility index (Phi) is 6.25. The fourth-order valence-corrected chi connectivity index (χ4v) is 1.56. The van der Waals surface area contributed by atoms with E-state index in [2.05, 4.69) is 36.1 Å². The zero-order valence-corrected chi connectivity index (χ0v) is 12.3. The Morgan fingerprint density at radius 2 is 2.16 bits per heavy atom. The third-order valence-electron chi connectivity index (χ3n) is 2.80. The van der Waals surface area contributed by atoms with Crippen LogP contribution in [0.4, 0.5) is 5.82 Å². The van der Waals surface area contributed by atoms with Gasteiger partial charge >= 0.3 is 0 Å². The van der Waals surface area contributed by atoms with Gasteiger partial charge in [0.05, 0.1) is 12.4 Å². The van der Waals surface area contributed by atoms with E-state index >= 15 is 0 Å². The molecule has 0 aliphatic rings. The normalized spacial score (nSPS) is 10.6. The molecular weight excluding hydrogens is 240 g/mol. The van der Waals surface area contributed by atoms with Gasteiger partial charge < -0.3 is 10.2 Å². The Morgan fingerprint density at radius 3 is 2.79 bits per heavy atom. The summed E-state index contributed by atoms with van der Waals surface area (Å²) in [5.74, 6) is 1.16. The van der Waals surface area contributed by atoms with Crippen LogP contribution in [0.15, 0.2) is 12.4 Å². The zero-order chi connectivity index (χ0) is 14.3. The largest absolute Gasteiger partial charge is 0.369 e. The summed E-state index contributed by atoms with van der Waals surface area (Å²) in [7, 11) is 1.80. The lowest BCUT2D eigenvalue weighted by Gasteiger charge is -2.18. The summed E-state index contributed by atoms with van der Waals surface area (Å²) in [4.78, 5) is 22.2. The fraction of sp³-hybridized carbons (Fsp3) is 0.643. The third kappa shape index (κ3) is 5.24. The molecule has 0 aliphatic heterocycles. The summed E-state index contributed by atoms with van der Waals surface area (Å²) in [6.45, 7) is 7.94. The molecule has 0 radical (unpaired) electrons. The van der Waals surface area contributed by atoms with E-state index in [0.29, 0.717) is 17.4 Å². The molecule has 1 rings (SSSR count). The Labute approximate surface area is 115 Å². The topological polar surface area (TPSA) is 58.1 Å². The number of aromatic nitrogens is 2. The first kappa shape index (κ1) is 15.4. The lowest BCUT2D eigenvalue weighted by Crippen LogP contribution is -2.29. The fourth-order valence-electron chi connectivity index (χ4n) is 1.56. The Balaban J connectivity index is 2.65. The lowest BCUT2D eigenvalue weighted by molar-refractivity contribution is 0.0783. The molecule has 1 amide bonds. The molecule has 0 bridgehead atoms. The van der Waals surface area contributed by atoms with E-state index in [-0.39, 0.29) is 5.91 Å². The second kappa shape index (κ2) is 7.71. The van der Waals surface area contributed by atoms with E-state index < -0.39 is 0 Å². The van der Waals surface area contributed by atoms with Crippen LogP contribution in [-0.2, 0) is 0 Å². The number of rotatable bonds is 7. The number of hydrogen-bond donors (Lipinski definition) is 1. The van der Waals surface area contributed by atoms with Gasteiger partial charge in [0.1, 0.15) is 11.5 Å². The van der Waals surface area contributed by atoms with Gasteiger partial charge in [-0.3, -0.25) is 9.78 Å². The highest BCUT2D eigenvalue weighted by Gasteiger charge is 2.14. The maximum atomic E-state index is 12.2. The predicted molar refractivity (Wildman–Crippen MR) is 77.2 cm³/mol. The number of carbonyl (C=O) groups excluding carboxylic acids is 1. The van der Waals surface area contributed by atoms with Crippen molar-refractivity contribution in [1.82, 2.24) is 14.9 Å². The molecule has 0 aromatic carbocycles. The number of nitrogens with one attached hydrogen (secondary N) is 1. The molecule has 0 saturated heterocycles. The second-order valence-electron chi connectivity index (χ2n) is 5.13. The maximum absolute atomic E-state index is 12.2. The molecule has 0 spiro atoms. The van der Waals surface area contributed by atoms with Crippen molar-refractivity contribution in [3.63, 3.8) is 0 Å². The highest BCUT2D eigenvalue weighted by molar-refractivity contribution is 5.92. The Hall–Kier alpha value is -1.65. The zero-order valence-electron chi connectivity index (χ0n) is 12.3. The standard InChI is InChI=1S/C14H24N4O/c1-5-7-16-13-10-15-9-12(17-13)14(19)18(4)8-6-11(2)3/h9-11H,5-8H2,1-4H3,(H,16,17). The molecule has 19 heavy (non-hydrogen) atoms. The summed E-state index contributed by atoms with van der Waals surface area (Å²) in [5, 5.41) is 3.13. The molecule has 0 saturated carbocycles. The van der Waals surface area contributed by atoms with E-state index in [1.807, 2.05) is 0 Å². The Bertz CT molecular complexity index is 406. The summed E-state index contributed by atoms with van der Waals surface area (Å²) < 4.78 is 0. The number of anilines is 1. The summed E-state index contributed by atoms with van der Waals surface area (Å²) in [5.41, 5.74) is 0.396. The van der Waals surface area contributed by atoms with Crippen LogP contribution in [0.1, 0.15) is 44.1 Å². The molecule has 1 heterocycles. The average molecular weight is 264 g/mol. The van der Waals surface area contributed by atoms with E-state index in [1.165, 1.54) is 6.20 Å². The first-order valence-electron chi connectivity index (χ1n) is 6.86. The molecule has 0 fully saturated rings. The van der Waals surface area contributed by atoms with Crippen LogP contribution < -0.4 is 5.32 Å². The van der Waals surface area contributed by atoms with Crippen molar-refractivity contribution in [2.45, 2.75) is 33.6 Å². The van der Waals surface area contributed by atoms with Crippen LogP contribution in [0, 0.1) is 5.92 Å². The van der Waals surface area contributed by atoms with Crippen LogP contribution in [-0.4, -0.2) is 40.9 Å². The van der Waals surface area contributed by atoms with Crippen molar-refractivity contribution >= 4 is 11.7 Å². The van der Waals surface area contributed by atoms with Crippen molar-refractivity contribution in [3.05, 3.63) is 18.1 Å². The van der Waals surface area contributed by atoms with Gasteiger partial charge in [0.2, 0.25) is 0 Å². The van der Waals surface area contributed by atoms with Crippen LogP contribution >= 0.6 is 0 Å². The minimum atomic E-state index is -0.0756. The van der Waals surface area contributed by atoms with Gasteiger partial charge in [0, 0.05) is 20.1 Å². The summed E-state index contributed by atoms with van der Waals surface area (Å²) >= 11 is 0. The van der Waals surface area contributed by atoms with E-state index in [1.54, 1.807) is 18.1 Å². The minimum Gasteiger partial charge on any atom is -0.369 e. The molecule has 106 valence electrons. The van der Waals surface area contributed by atoms with Crippen LogP contribution in [0.25, 0.3) is 0 Å². The molecule has 0 unspecified atom stereocenters. The first-order valence-corrected chi connectivity index (χ1v) is 6.86. The first-order chi connectivity index (χ1) is 9.04. The minimum absolute atomic E-state index is 0.0756. The number of amides is 1. The van der Waals surface area contributed by atoms with Gasteiger partial charge in [-0.25, -0.2) is 4.98 Å². The molecular formula is C14H24N4O. The second-order valence-corrected chi connectivity index (χ2v) is 5.13. The quantitative estimate of drug-likeness (QED) is 0.821. The van der Waals surface area contributed by atoms with E-state index in [4.69, 9.17) is 0 Å². The van der Waals surface area contributed by atoms with Crippen molar-refractivity contribution in [1.29, 1.82) is 0 Å². The van der Waals surface area contributed by atoms with Crippen molar-refractivity contribution in [3.8, 4) is 0 Å². The van der Waals surface area contributed by atoms with Gasteiger partial charge in [0.25, 0.3) is 5.91 Å². The predicted octanol–water partition coefficient (Wildman–Crippen LogP) is 2.42. The van der Waals surface area contributed by atoms with Crippen molar-refractivity contribution in [2.75, 3.05) is 25.5 Å². The van der Waals surface area contributed by atoms with Gasteiger partial charge in [-0.2, -0.15) is 0 Å². The highest BCUT2D eigenvalue weighted by atomic mass is 16.2. The molecule has 1 N–H and O–H groups in total. The average Bonchev–Trinajstić information content (AvgIpc) is 2.41. The Morgan fingerprint density at radius 1 is 1.42 bits per heavy atom. The summed E-state index contributed by atoms with van der Waals surface area (Å²) in [6.07, 6.45) is 5.16. The molecule has 0 atom stereocenters. The monoisotopic (exact) mass is 264 g/mol. The van der Waals surface area contributed by atoms with Gasteiger partial charge in [-0.15, -0.1) is 0 Å². The molecule has 0 aliphatic carbocycles. The molecule has 5 nitrogen and oxygen atoms in total. The maximum Gasteiger partial charge on any atom is 0.273 e. The van der Waals surface area contributed by atoms with Gasteiger partial charge in [0.15, 0.2) is 0 Å². The van der Waals surface area contributed by atoms with Crippen molar-refractivity contribution < 1.29 is 4.79 Å². The van der Waals surface area contributed by atoms with E-state index in [9.17, 15) is 4.79 Å². The van der Waals surface area contributed by atoms with E-state index in [0.717, 1.165) is 25.9 Å². The summed E-state index contributed by atoms with van der Waals surface area (Å²) in [6, 6.07) is 0. The number of hydrogen-bond acceptors (Lipinski definition) is 4. The SMILES string of the molecule is CCCNc1cncc(C(=O)N(C)CCC(C)C)n1. The van der Waals surface area contributed by atoms with Crippen LogP contribution in [0.3, 0.4) is 0 Å². The number of carbonyl (C=O) groups is 1. The smallest absolute Gasteiger partial charge is 0.273 e. The van der Waals surface area contributed by atoms with Crippen molar-refractivity contribution in [2.24, 2.45) is 5.92 Å². The molecule has 1 aromatic rings. The van der Waals surface area contributed by atoms with Crippen LogP contribution in [0.5, 0.6) is 0 Å². The third-order valence-corrected chi connectivity index (χ3v) is 2.80. The number of nitrogens with zero attached hydrogens (tertiary/aromatic N) is 3. The molecule has 5 heteroatoms. The highest BCUT2D eigenvalue weighted by Crippen LogP contribution is 2.07. The molecule has 1 aromatic heterocycles. The van der Waals surface area contributed by atoms with Gasteiger partial charge in [-0.1, -0.05) is 20.8 Å². The lowest BCUT2D eigenvalue weighted by atomic mass is 10.1. The van der Waals surface area contributed by atoms with Crippen LogP contribution in [0.2, 0.25) is 0 Å². The van der Waals surface area contributed by atoms with Gasteiger partial charge in [-0.05, 0) is 18.8 Å².